The van der Waals surface area contributed by atoms with Crippen molar-refractivity contribution in [3.8, 4) is 0 Å². The summed E-state index contributed by atoms with van der Waals surface area (Å²) in [5.41, 5.74) is 0. The molecule has 0 aromatic heterocycles. The summed E-state index contributed by atoms with van der Waals surface area (Å²) in [7, 11) is 0. The first-order valence-electron chi connectivity index (χ1n) is 1.91. The average molecular weight is 119 g/mol. The molecule has 26 valence electrons. The molecule has 1 heteroatoms. The molecular weight excluding hydrogens is 109 g/mol. The Labute approximate surface area is 35.8 Å². The van der Waals surface area contributed by atoms with Crippen LogP contribution in [0.25, 0.3) is 0 Å². The van der Waals surface area contributed by atoms with E-state index in [9.17, 15) is 0 Å². The molecule has 0 atom stereocenters. The zero-order valence-corrected chi connectivity index (χ0v) is 7.61. The predicted molar refractivity (Wildman–Crippen MR) is 25.0 cm³/mol. The minimum atomic E-state index is 1.11. The summed E-state index contributed by atoms with van der Waals surface area (Å²) in [6, 6.07) is 0. The third-order valence-corrected chi connectivity index (χ3v) is 2.60. The summed E-state index contributed by atoms with van der Waals surface area (Å²) in [5, 5.41) is 1.51. The normalized spacial score (nSPS) is 8.25. The van der Waals surface area contributed by atoms with E-state index in [1.807, 2.05) is 0 Å². The standard InChI is InChI=1S/C3H10Ge/c1-2-3-4/h2-3H2,1,4H3. The van der Waals surface area contributed by atoms with Crippen molar-refractivity contribution in [3.05, 3.63) is 0 Å². The topological polar surface area (TPSA) is 0 Å². The second-order valence-electron chi connectivity index (χ2n) is 1.000. The molecule has 0 unspecified atom stereocenters. The Balaban J connectivity index is 1.97. The maximum absolute atomic E-state index is 2.23. The molecule has 0 saturated carbocycles. The first-order chi connectivity index (χ1) is 1.91. The van der Waals surface area contributed by atoms with E-state index in [2.05, 4.69) is 6.92 Å². The molecule has 0 N–H and O–H groups in total. The summed E-state index contributed by atoms with van der Waals surface area (Å²) in [6.45, 7) is 2.23. The molecule has 0 heterocycles. The van der Waals surface area contributed by atoms with Gasteiger partial charge in [0.2, 0.25) is 0 Å². The van der Waals surface area contributed by atoms with Crippen molar-refractivity contribution in [1.82, 2.24) is 0 Å². The van der Waals surface area contributed by atoms with E-state index < -0.39 is 0 Å². The Hall–Kier alpha value is 0.543. The fourth-order valence-electron chi connectivity index (χ4n) is 0. The van der Waals surface area contributed by atoms with Gasteiger partial charge in [-0.3, -0.25) is 0 Å². The molecule has 4 heavy (non-hydrogen) atoms. The Morgan fingerprint density at radius 3 is 2.00 bits per heavy atom. The minimum absolute atomic E-state index is 1.11. The van der Waals surface area contributed by atoms with Crippen molar-refractivity contribution in [2.75, 3.05) is 0 Å². The molecule has 0 rings (SSSR count). The van der Waals surface area contributed by atoms with E-state index in [0.717, 1.165) is 16.5 Å². The van der Waals surface area contributed by atoms with Gasteiger partial charge in [0.25, 0.3) is 0 Å². The van der Waals surface area contributed by atoms with Gasteiger partial charge < -0.3 is 0 Å². The molecule has 0 fully saturated rings. The van der Waals surface area contributed by atoms with Gasteiger partial charge in [-0.2, -0.15) is 0 Å². The molecule has 0 spiro atoms. The second kappa shape index (κ2) is 3.54. The molecule has 0 aliphatic carbocycles. The van der Waals surface area contributed by atoms with Crippen molar-refractivity contribution in [3.63, 3.8) is 0 Å². The molecule has 0 nitrogen and oxygen atoms in total. The average Bonchev–Trinajstić information content (AvgIpc) is 1.37. The summed E-state index contributed by atoms with van der Waals surface area (Å²) in [6.07, 6.45) is 1.40. The molecule has 0 aliphatic heterocycles. The molecule has 0 saturated heterocycles. The first-order valence-corrected chi connectivity index (χ1v) is 4.88. The van der Waals surface area contributed by atoms with E-state index in [1.165, 1.54) is 11.7 Å². The van der Waals surface area contributed by atoms with Crippen molar-refractivity contribution >= 4 is 16.5 Å². The molecule has 0 aromatic carbocycles. The van der Waals surface area contributed by atoms with Crippen LogP contribution < -0.4 is 0 Å². The van der Waals surface area contributed by atoms with Gasteiger partial charge in [0, 0.05) is 0 Å². The second-order valence-corrected chi connectivity index (χ2v) is 3.10. The monoisotopic (exact) mass is 120 g/mol. The van der Waals surface area contributed by atoms with Crippen LogP contribution in [-0.2, 0) is 0 Å². The van der Waals surface area contributed by atoms with Crippen molar-refractivity contribution in [2.24, 2.45) is 0 Å². The van der Waals surface area contributed by atoms with Gasteiger partial charge in [-0.1, -0.05) is 0 Å². The van der Waals surface area contributed by atoms with Crippen LogP contribution in [0.5, 0.6) is 0 Å². The zero-order valence-electron chi connectivity index (χ0n) is 3.41. The molecule has 0 aliphatic rings. The van der Waals surface area contributed by atoms with Crippen LogP contribution in [0.3, 0.4) is 0 Å². The fraction of sp³-hybridized carbons (Fsp3) is 1.00. The number of hydrogen-bond donors (Lipinski definition) is 0. The van der Waals surface area contributed by atoms with E-state index in [-0.39, 0.29) is 0 Å². The Bertz CT molecular complexity index is 5.25. The van der Waals surface area contributed by atoms with Gasteiger partial charge in [0.1, 0.15) is 0 Å². The molecule has 0 aromatic rings. The number of rotatable bonds is 1. The van der Waals surface area contributed by atoms with Crippen molar-refractivity contribution in [2.45, 2.75) is 18.6 Å². The van der Waals surface area contributed by atoms with E-state index >= 15 is 0 Å². The fourth-order valence-corrected chi connectivity index (χ4v) is 0. The van der Waals surface area contributed by atoms with Crippen LogP contribution >= 0.6 is 0 Å². The van der Waals surface area contributed by atoms with E-state index in [4.69, 9.17) is 0 Å². The predicted octanol–water partition coefficient (Wildman–Crippen LogP) is 0.180. The van der Waals surface area contributed by atoms with Crippen LogP contribution in [0.15, 0.2) is 0 Å². The van der Waals surface area contributed by atoms with Crippen molar-refractivity contribution in [1.29, 1.82) is 0 Å². The molecule has 0 amide bonds. The Kier molecular flexibility index (Phi) is 4.02. The zero-order chi connectivity index (χ0) is 3.41. The van der Waals surface area contributed by atoms with E-state index in [0.29, 0.717) is 0 Å². The third-order valence-electron chi connectivity index (χ3n) is 0.500. The summed E-state index contributed by atoms with van der Waals surface area (Å²) in [4.78, 5) is 0. The molecular formula is C3H10Ge. The quantitative estimate of drug-likeness (QED) is 0.431. The molecule has 0 bridgehead atoms. The number of hydrogen-bond acceptors (Lipinski definition) is 0. The summed E-state index contributed by atoms with van der Waals surface area (Å²) in [5.74, 6) is 0. The first kappa shape index (κ1) is 4.54. The molecule has 0 radical (unpaired) electrons. The van der Waals surface area contributed by atoms with Gasteiger partial charge in [-0.05, 0) is 0 Å². The van der Waals surface area contributed by atoms with Gasteiger partial charge in [0.15, 0.2) is 0 Å². The van der Waals surface area contributed by atoms with Crippen molar-refractivity contribution < 1.29 is 0 Å². The Morgan fingerprint density at radius 1 is 1.75 bits per heavy atom. The van der Waals surface area contributed by atoms with Gasteiger partial charge in [0.05, 0.1) is 0 Å². The maximum atomic E-state index is 2.23. The SMILES string of the molecule is CC[CH2][GeH3]. The van der Waals surface area contributed by atoms with Crippen LogP contribution in [0, 0.1) is 0 Å². The van der Waals surface area contributed by atoms with E-state index in [1.54, 1.807) is 0 Å². The van der Waals surface area contributed by atoms with Crippen LogP contribution in [0.2, 0.25) is 5.25 Å². The third kappa shape index (κ3) is 2.54. The van der Waals surface area contributed by atoms with Crippen LogP contribution in [-0.4, -0.2) is 16.5 Å². The Morgan fingerprint density at radius 2 is 2.00 bits per heavy atom. The summed E-state index contributed by atoms with van der Waals surface area (Å²) < 4.78 is 0. The van der Waals surface area contributed by atoms with Crippen LogP contribution in [0.1, 0.15) is 13.3 Å². The van der Waals surface area contributed by atoms with Gasteiger partial charge >= 0.3 is 35.1 Å². The summed E-state index contributed by atoms with van der Waals surface area (Å²) >= 11 is 1.11. The van der Waals surface area contributed by atoms with Gasteiger partial charge in [-0.25, -0.2) is 0 Å². The van der Waals surface area contributed by atoms with Gasteiger partial charge in [-0.15, -0.1) is 0 Å². The van der Waals surface area contributed by atoms with Crippen LogP contribution in [0.4, 0.5) is 0 Å².